The average Bonchev–Trinajstić information content (AvgIpc) is 2.80. The molecule has 6 heteroatoms. The summed E-state index contributed by atoms with van der Waals surface area (Å²) in [4.78, 5) is 43.9. The maximum atomic E-state index is 12.4. The molecular formula is C16H19N3O3. The molecule has 3 rings (SSSR count). The number of hydrogen-bond acceptors (Lipinski definition) is 4. The van der Waals surface area contributed by atoms with Crippen molar-refractivity contribution in [1.29, 1.82) is 0 Å². The van der Waals surface area contributed by atoms with E-state index < -0.39 is 0 Å². The Hall–Kier alpha value is -2.24. The first-order valence-corrected chi connectivity index (χ1v) is 7.74. The van der Waals surface area contributed by atoms with E-state index >= 15 is 0 Å². The van der Waals surface area contributed by atoms with Crippen LogP contribution in [0.1, 0.15) is 53.5 Å². The Morgan fingerprint density at radius 2 is 2.00 bits per heavy atom. The van der Waals surface area contributed by atoms with E-state index in [9.17, 15) is 14.4 Å². The zero-order valence-electron chi connectivity index (χ0n) is 12.6. The van der Waals surface area contributed by atoms with Crippen LogP contribution in [0.2, 0.25) is 0 Å². The van der Waals surface area contributed by atoms with Gasteiger partial charge in [-0.25, -0.2) is 0 Å². The van der Waals surface area contributed by atoms with Gasteiger partial charge in [-0.05, 0) is 31.4 Å². The van der Waals surface area contributed by atoms with Gasteiger partial charge in [-0.3, -0.25) is 24.3 Å². The Kier molecular flexibility index (Phi) is 3.92. The average molecular weight is 301 g/mol. The Bertz CT molecular complexity index is 586. The lowest BCUT2D eigenvalue weighted by molar-refractivity contribution is -0.132. The van der Waals surface area contributed by atoms with E-state index in [4.69, 9.17) is 0 Å². The highest BCUT2D eigenvalue weighted by atomic mass is 16.2. The fourth-order valence-corrected chi connectivity index (χ4v) is 3.16. The molecule has 1 saturated heterocycles. The van der Waals surface area contributed by atoms with Crippen molar-refractivity contribution in [3.05, 3.63) is 29.6 Å². The lowest BCUT2D eigenvalue weighted by atomic mass is 10.0. The van der Waals surface area contributed by atoms with Crippen molar-refractivity contribution < 1.29 is 14.4 Å². The molecule has 0 bridgehead atoms. The summed E-state index contributed by atoms with van der Waals surface area (Å²) in [5.41, 5.74) is 0.633. The normalized spacial score (nSPS) is 18.8. The zero-order valence-corrected chi connectivity index (χ0v) is 12.6. The summed E-state index contributed by atoms with van der Waals surface area (Å²) >= 11 is 0. The Morgan fingerprint density at radius 1 is 1.27 bits per heavy atom. The van der Waals surface area contributed by atoms with Crippen LogP contribution >= 0.6 is 0 Å². The van der Waals surface area contributed by atoms with E-state index in [0.29, 0.717) is 37.9 Å². The fraction of sp³-hybridized carbons (Fsp3) is 0.500. The number of likely N-dealkylation sites (tertiary alicyclic amines) is 1. The van der Waals surface area contributed by atoms with Gasteiger partial charge in [0.25, 0.3) is 11.8 Å². The first kappa shape index (κ1) is 14.7. The van der Waals surface area contributed by atoms with Crippen molar-refractivity contribution in [2.45, 2.75) is 38.6 Å². The third-order valence-electron chi connectivity index (χ3n) is 4.32. The van der Waals surface area contributed by atoms with Crippen LogP contribution in [0.15, 0.2) is 18.3 Å². The second-order valence-electron chi connectivity index (χ2n) is 5.74. The quantitative estimate of drug-likeness (QED) is 0.793. The van der Waals surface area contributed by atoms with Crippen LogP contribution in [0, 0.1) is 0 Å². The van der Waals surface area contributed by atoms with Gasteiger partial charge >= 0.3 is 0 Å². The van der Waals surface area contributed by atoms with Crippen LogP contribution < -0.4 is 0 Å². The number of piperidine rings is 1. The highest BCUT2D eigenvalue weighted by molar-refractivity contribution is 6.20. The molecule has 3 amide bonds. The number of imide groups is 1. The van der Waals surface area contributed by atoms with E-state index in [0.717, 1.165) is 6.42 Å². The van der Waals surface area contributed by atoms with Gasteiger partial charge in [0.1, 0.15) is 5.69 Å². The number of pyridine rings is 1. The number of carbonyl (C=O) groups excluding carboxylic acids is 3. The van der Waals surface area contributed by atoms with Crippen LogP contribution in [0.4, 0.5) is 0 Å². The molecule has 0 saturated carbocycles. The second-order valence-corrected chi connectivity index (χ2v) is 5.74. The smallest absolute Gasteiger partial charge is 0.280 e. The van der Waals surface area contributed by atoms with Gasteiger partial charge < -0.3 is 4.90 Å². The van der Waals surface area contributed by atoms with Gasteiger partial charge in [0.15, 0.2) is 0 Å². The minimum Gasteiger partial charge on any atom is -0.343 e. The van der Waals surface area contributed by atoms with Crippen LogP contribution in [0.5, 0.6) is 0 Å². The van der Waals surface area contributed by atoms with Crippen LogP contribution in [0.25, 0.3) is 0 Å². The van der Waals surface area contributed by atoms with E-state index in [1.54, 1.807) is 12.1 Å². The molecule has 1 aromatic rings. The number of amides is 3. The maximum Gasteiger partial charge on any atom is 0.280 e. The molecule has 0 spiro atoms. The number of fused-ring (bicyclic) bond motifs is 1. The Labute approximate surface area is 129 Å². The molecule has 2 aliphatic rings. The van der Waals surface area contributed by atoms with Gasteiger partial charge in [0, 0.05) is 31.7 Å². The topological polar surface area (TPSA) is 70.6 Å². The van der Waals surface area contributed by atoms with Crippen molar-refractivity contribution in [2.75, 3.05) is 13.1 Å². The number of rotatable bonds is 3. The summed E-state index contributed by atoms with van der Waals surface area (Å²) in [6, 6.07) is 3.17. The van der Waals surface area contributed by atoms with Gasteiger partial charge in [-0.1, -0.05) is 6.92 Å². The predicted molar refractivity (Wildman–Crippen MR) is 79.2 cm³/mol. The first-order chi connectivity index (χ1) is 10.6. The summed E-state index contributed by atoms with van der Waals surface area (Å²) in [5, 5.41) is 0. The number of carbonyl (C=O) groups is 3. The highest BCUT2D eigenvalue weighted by Gasteiger charge is 2.42. The van der Waals surface area contributed by atoms with E-state index in [1.165, 1.54) is 11.1 Å². The molecule has 6 nitrogen and oxygen atoms in total. The number of nitrogens with zero attached hydrogens (tertiary/aromatic N) is 3. The second kappa shape index (κ2) is 5.87. The molecule has 0 radical (unpaired) electrons. The molecule has 22 heavy (non-hydrogen) atoms. The molecule has 0 atom stereocenters. The molecule has 0 aliphatic carbocycles. The molecule has 0 unspecified atom stereocenters. The van der Waals surface area contributed by atoms with Crippen molar-refractivity contribution in [3.63, 3.8) is 0 Å². The molecule has 0 N–H and O–H groups in total. The van der Waals surface area contributed by atoms with Gasteiger partial charge in [0.2, 0.25) is 5.91 Å². The molecule has 3 heterocycles. The van der Waals surface area contributed by atoms with Crippen molar-refractivity contribution in [2.24, 2.45) is 0 Å². The number of hydrogen-bond donors (Lipinski definition) is 0. The van der Waals surface area contributed by atoms with Gasteiger partial charge in [0.05, 0.1) is 5.56 Å². The van der Waals surface area contributed by atoms with Crippen molar-refractivity contribution in [1.82, 2.24) is 14.8 Å². The monoisotopic (exact) mass is 301 g/mol. The summed E-state index contributed by atoms with van der Waals surface area (Å²) < 4.78 is 0. The van der Waals surface area contributed by atoms with Crippen LogP contribution in [-0.4, -0.2) is 51.6 Å². The highest BCUT2D eigenvalue weighted by Crippen LogP contribution is 2.27. The predicted octanol–water partition coefficient (Wildman–Crippen LogP) is 1.47. The van der Waals surface area contributed by atoms with E-state index in [1.807, 2.05) is 11.8 Å². The summed E-state index contributed by atoms with van der Waals surface area (Å²) in [5.74, 6) is -0.407. The van der Waals surface area contributed by atoms with Crippen molar-refractivity contribution >= 4 is 17.7 Å². The first-order valence-electron chi connectivity index (χ1n) is 7.74. The van der Waals surface area contributed by atoms with Crippen LogP contribution in [-0.2, 0) is 4.79 Å². The lowest BCUT2D eigenvalue weighted by Gasteiger charge is -2.35. The zero-order chi connectivity index (χ0) is 15.7. The fourth-order valence-electron chi connectivity index (χ4n) is 3.16. The third-order valence-corrected chi connectivity index (χ3v) is 4.32. The molecule has 1 fully saturated rings. The molecule has 2 aliphatic heterocycles. The third kappa shape index (κ3) is 2.38. The molecular weight excluding hydrogens is 282 g/mol. The van der Waals surface area contributed by atoms with Crippen LogP contribution in [0.3, 0.4) is 0 Å². The molecule has 1 aromatic heterocycles. The summed E-state index contributed by atoms with van der Waals surface area (Å²) in [7, 11) is 0. The minimum absolute atomic E-state index is 0.139. The van der Waals surface area contributed by atoms with Crippen molar-refractivity contribution in [3.8, 4) is 0 Å². The summed E-state index contributed by atoms with van der Waals surface area (Å²) in [6.07, 6.45) is 4.20. The maximum absolute atomic E-state index is 12.4. The largest absolute Gasteiger partial charge is 0.343 e. The SMILES string of the molecule is CCCC(=O)N1CCC(N2C(=O)c3cccnc3C2=O)CC1. The Morgan fingerprint density at radius 3 is 2.64 bits per heavy atom. The van der Waals surface area contributed by atoms with E-state index in [2.05, 4.69) is 4.98 Å². The van der Waals surface area contributed by atoms with Gasteiger partial charge in [-0.15, -0.1) is 0 Å². The Balaban J connectivity index is 1.69. The minimum atomic E-state index is -0.307. The lowest BCUT2D eigenvalue weighted by Crippen LogP contribution is -2.48. The van der Waals surface area contributed by atoms with Gasteiger partial charge in [-0.2, -0.15) is 0 Å². The number of aromatic nitrogens is 1. The van der Waals surface area contributed by atoms with E-state index in [-0.39, 0.29) is 29.5 Å². The standard InChI is InChI=1S/C16H19N3O3/c1-2-4-13(20)18-9-6-11(7-10-18)19-15(21)12-5-3-8-17-14(12)16(19)22/h3,5,8,11H,2,4,6-7,9-10H2,1H3. The molecule has 0 aromatic carbocycles. The summed E-state index contributed by atoms with van der Waals surface area (Å²) in [6.45, 7) is 3.19. The molecule has 116 valence electrons.